The molecule has 0 aliphatic heterocycles. The van der Waals surface area contributed by atoms with E-state index in [0.717, 1.165) is 18.2 Å². The maximum atomic E-state index is 12.8. The van der Waals surface area contributed by atoms with Gasteiger partial charge in [-0.15, -0.1) is 11.6 Å². The molecule has 0 heterocycles. The molecule has 1 aromatic carbocycles. The van der Waals surface area contributed by atoms with Crippen molar-refractivity contribution in [1.82, 2.24) is 0 Å². The summed E-state index contributed by atoms with van der Waals surface area (Å²) in [5, 5.41) is 4.84. The number of rotatable bonds is 2. The Morgan fingerprint density at radius 1 is 1.46 bits per heavy atom. The average Bonchev–Trinajstić information content (AvgIpc) is 2.03. The number of sulfonamides is 1. The summed E-state index contributed by atoms with van der Waals surface area (Å²) in [7, 11) is -3.78. The highest BCUT2D eigenvalue weighted by Crippen LogP contribution is 2.15. The topological polar surface area (TPSA) is 60.2 Å². The maximum Gasteiger partial charge on any atom is 0.238 e. The predicted octanol–water partition coefficient (Wildman–Crippen LogP) is 1.21. The molecule has 0 radical (unpaired) electrons. The van der Waals surface area contributed by atoms with Crippen LogP contribution in [-0.4, -0.2) is 8.42 Å². The minimum absolute atomic E-state index is 0.0881. The molecule has 0 aliphatic carbocycles. The molecule has 13 heavy (non-hydrogen) atoms. The first kappa shape index (κ1) is 10.4. The molecule has 6 heteroatoms. The summed E-state index contributed by atoms with van der Waals surface area (Å²) in [6.45, 7) is 0. The third-order valence-corrected chi connectivity index (χ3v) is 2.69. The number of hydrogen-bond donors (Lipinski definition) is 1. The molecule has 0 unspecified atom stereocenters. The molecule has 0 aliphatic rings. The number of nitrogens with two attached hydrogens (primary N) is 1. The maximum absolute atomic E-state index is 12.8. The van der Waals surface area contributed by atoms with Crippen LogP contribution in [0.5, 0.6) is 0 Å². The predicted molar refractivity (Wildman–Crippen MR) is 47.3 cm³/mol. The lowest BCUT2D eigenvalue weighted by Crippen LogP contribution is -2.12. The van der Waals surface area contributed by atoms with E-state index >= 15 is 0 Å². The van der Waals surface area contributed by atoms with Crippen molar-refractivity contribution in [1.29, 1.82) is 0 Å². The quantitative estimate of drug-likeness (QED) is 0.767. The lowest BCUT2D eigenvalue weighted by Gasteiger charge is -2.01. The van der Waals surface area contributed by atoms with Crippen molar-refractivity contribution in [3.8, 4) is 0 Å². The Balaban J connectivity index is 3.30. The standard InChI is InChI=1S/C7H7ClFNO2S/c8-4-5-3-6(13(10,11)12)1-2-7(5)9/h1-3H,4H2,(H2,10,11,12). The lowest BCUT2D eigenvalue weighted by molar-refractivity contribution is 0.595. The largest absolute Gasteiger partial charge is 0.238 e. The van der Waals surface area contributed by atoms with Gasteiger partial charge in [0.05, 0.1) is 10.8 Å². The van der Waals surface area contributed by atoms with Crippen molar-refractivity contribution in [3.63, 3.8) is 0 Å². The monoisotopic (exact) mass is 223 g/mol. The van der Waals surface area contributed by atoms with Crippen LogP contribution < -0.4 is 5.14 Å². The normalized spacial score (nSPS) is 11.6. The van der Waals surface area contributed by atoms with E-state index in [2.05, 4.69) is 0 Å². The first-order valence-electron chi connectivity index (χ1n) is 3.32. The van der Waals surface area contributed by atoms with E-state index in [1.54, 1.807) is 0 Å². The van der Waals surface area contributed by atoms with Gasteiger partial charge in [-0.1, -0.05) is 0 Å². The number of benzene rings is 1. The van der Waals surface area contributed by atoms with Crippen LogP contribution >= 0.6 is 11.6 Å². The number of alkyl halides is 1. The van der Waals surface area contributed by atoms with E-state index in [9.17, 15) is 12.8 Å². The van der Waals surface area contributed by atoms with Crippen LogP contribution in [0.15, 0.2) is 23.1 Å². The Morgan fingerprint density at radius 2 is 2.08 bits per heavy atom. The first-order valence-corrected chi connectivity index (χ1v) is 5.40. The van der Waals surface area contributed by atoms with Gasteiger partial charge in [-0.25, -0.2) is 17.9 Å². The highest BCUT2D eigenvalue weighted by Gasteiger charge is 2.10. The summed E-state index contributed by atoms with van der Waals surface area (Å²) in [4.78, 5) is -0.135. The van der Waals surface area contributed by atoms with E-state index < -0.39 is 15.8 Å². The molecule has 2 N–H and O–H groups in total. The van der Waals surface area contributed by atoms with Gasteiger partial charge in [0.1, 0.15) is 5.82 Å². The summed E-state index contributed by atoms with van der Waals surface area (Å²) in [5.41, 5.74) is 0.119. The molecule has 0 saturated carbocycles. The summed E-state index contributed by atoms with van der Waals surface area (Å²) in [5.74, 6) is -0.628. The molecular weight excluding hydrogens is 217 g/mol. The van der Waals surface area contributed by atoms with Crippen LogP contribution in [0.1, 0.15) is 5.56 Å². The van der Waals surface area contributed by atoms with Crippen LogP contribution in [0, 0.1) is 5.82 Å². The van der Waals surface area contributed by atoms with Crippen molar-refractivity contribution in [2.45, 2.75) is 10.8 Å². The second kappa shape index (κ2) is 3.61. The molecule has 0 bridgehead atoms. The SMILES string of the molecule is NS(=O)(=O)c1ccc(F)c(CCl)c1. The van der Waals surface area contributed by atoms with Crippen molar-refractivity contribution in [3.05, 3.63) is 29.6 Å². The van der Waals surface area contributed by atoms with E-state index in [1.165, 1.54) is 0 Å². The zero-order chi connectivity index (χ0) is 10.1. The van der Waals surface area contributed by atoms with Gasteiger partial charge in [0.15, 0.2) is 0 Å². The van der Waals surface area contributed by atoms with Gasteiger partial charge in [0.2, 0.25) is 10.0 Å². The van der Waals surface area contributed by atoms with Crippen molar-refractivity contribution in [2.75, 3.05) is 0 Å². The van der Waals surface area contributed by atoms with E-state index in [4.69, 9.17) is 16.7 Å². The third kappa shape index (κ3) is 2.40. The Labute approximate surface area is 80.4 Å². The lowest BCUT2D eigenvalue weighted by atomic mass is 10.2. The number of hydrogen-bond acceptors (Lipinski definition) is 2. The van der Waals surface area contributed by atoms with Gasteiger partial charge in [-0.2, -0.15) is 0 Å². The number of halogens is 2. The van der Waals surface area contributed by atoms with Crippen LogP contribution in [0.2, 0.25) is 0 Å². The fourth-order valence-corrected chi connectivity index (χ4v) is 1.60. The summed E-state index contributed by atoms with van der Waals surface area (Å²) < 4.78 is 34.5. The molecule has 0 spiro atoms. The molecular formula is C7H7ClFNO2S. The van der Waals surface area contributed by atoms with Crippen molar-refractivity contribution >= 4 is 21.6 Å². The van der Waals surface area contributed by atoms with Gasteiger partial charge < -0.3 is 0 Å². The van der Waals surface area contributed by atoms with E-state index in [-0.39, 0.29) is 16.3 Å². The molecule has 1 aromatic rings. The average molecular weight is 224 g/mol. The molecule has 72 valence electrons. The minimum atomic E-state index is -3.78. The smallest absolute Gasteiger partial charge is 0.225 e. The molecule has 0 atom stereocenters. The minimum Gasteiger partial charge on any atom is -0.225 e. The second-order valence-corrected chi connectivity index (χ2v) is 4.26. The van der Waals surface area contributed by atoms with Gasteiger partial charge in [-0.3, -0.25) is 0 Å². The van der Waals surface area contributed by atoms with Crippen LogP contribution in [0.4, 0.5) is 4.39 Å². The van der Waals surface area contributed by atoms with E-state index in [0.29, 0.717) is 0 Å². The van der Waals surface area contributed by atoms with Gasteiger partial charge >= 0.3 is 0 Å². The van der Waals surface area contributed by atoms with Crippen molar-refractivity contribution < 1.29 is 12.8 Å². The van der Waals surface area contributed by atoms with Gasteiger partial charge in [0, 0.05) is 5.56 Å². The third-order valence-electron chi connectivity index (χ3n) is 1.49. The van der Waals surface area contributed by atoms with Crippen LogP contribution in [0.25, 0.3) is 0 Å². The summed E-state index contributed by atoms with van der Waals surface area (Å²) in [6.07, 6.45) is 0. The molecule has 0 saturated heterocycles. The van der Waals surface area contributed by atoms with Crippen LogP contribution in [-0.2, 0) is 15.9 Å². The first-order chi connectivity index (χ1) is 5.95. The fourth-order valence-electron chi connectivity index (χ4n) is 0.830. The summed E-state index contributed by atoms with van der Waals surface area (Å²) >= 11 is 5.38. The Morgan fingerprint density at radius 3 is 2.54 bits per heavy atom. The molecule has 0 amide bonds. The Hall–Kier alpha value is -0.650. The summed E-state index contributed by atoms with van der Waals surface area (Å²) in [6, 6.07) is 3.25. The van der Waals surface area contributed by atoms with Crippen LogP contribution in [0.3, 0.4) is 0 Å². The molecule has 3 nitrogen and oxygen atoms in total. The highest BCUT2D eigenvalue weighted by atomic mass is 35.5. The van der Waals surface area contributed by atoms with Crippen molar-refractivity contribution in [2.24, 2.45) is 5.14 Å². The zero-order valence-corrected chi connectivity index (χ0v) is 8.07. The Bertz CT molecular complexity index is 419. The second-order valence-electron chi connectivity index (χ2n) is 2.43. The number of primary sulfonamides is 1. The van der Waals surface area contributed by atoms with E-state index in [1.807, 2.05) is 0 Å². The fraction of sp³-hybridized carbons (Fsp3) is 0.143. The van der Waals surface area contributed by atoms with Gasteiger partial charge in [-0.05, 0) is 18.2 Å². The molecule has 0 fully saturated rings. The highest BCUT2D eigenvalue weighted by molar-refractivity contribution is 7.89. The molecule has 1 rings (SSSR count). The van der Waals surface area contributed by atoms with Gasteiger partial charge in [0.25, 0.3) is 0 Å². The Kier molecular flexibility index (Phi) is 2.90. The molecule has 0 aromatic heterocycles. The zero-order valence-electron chi connectivity index (χ0n) is 6.50.